The van der Waals surface area contributed by atoms with Gasteiger partial charge in [-0.2, -0.15) is 5.10 Å². The summed E-state index contributed by atoms with van der Waals surface area (Å²) >= 11 is 0. The van der Waals surface area contributed by atoms with E-state index in [1.54, 1.807) is 12.4 Å². The van der Waals surface area contributed by atoms with Crippen LogP contribution in [0.2, 0.25) is 0 Å². The molecule has 6 heteroatoms. The van der Waals surface area contributed by atoms with Gasteiger partial charge in [-0.05, 0) is 71.8 Å². The topological polar surface area (TPSA) is 79.4 Å². The van der Waals surface area contributed by atoms with E-state index in [1.165, 1.54) is 0 Å². The molecule has 0 bridgehead atoms. The summed E-state index contributed by atoms with van der Waals surface area (Å²) in [6.07, 6.45) is 7.07. The first-order valence-electron chi connectivity index (χ1n) is 9.63. The van der Waals surface area contributed by atoms with Crippen LogP contribution in [0.15, 0.2) is 72.2 Å². The first kappa shape index (κ1) is 19.4. The Labute approximate surface area is 174 Å². The standard InChI is InChI=1S/C24H22N4O2/c1-16-10-21(20-4-3-8-25-14-20)11-17(2)24(16)30-15-23(29)28-27-13-18-5-6-19-7-9-26-22(19)12-18/h3-14,26H,15H2,1-2H3,(H,28,29)/b27-13+. The molecular formula is C24H22N4O2. The quantitative estimate of drug-likeness (QED) is 0.374. The van der Waals surface area contributed by atoms with Crippen LogP contribution in [0, 0.1) is 13.8 Å². The zero-order chi connectivity index (χ0) is 20.9. The van der Waals surface area contributed by atoms with Crippen molar-refractivity contribution in [2.24, 2.45) is 5.10 Å². The molecular weight excluding hydrogens is 376 g/mol. The number of carbonyl (C=O) groups excluding carboxylic acids is 1. The minimum absolute atomic E-state index is 0.110. The Morgan fingerprint density at radius 2 is 1.97 bits per heavy atom. The summed E-state index contributed by atoms with van der Waals surface area (Å²) in [6, 6.07) is 15.9. The fraction of sp³-hybridized carbons (Fsp3) is 0.125. The lowest BCUT2D eigenvalue weighted by Crippen LogP contribution is -2.25. The van der Waals surface area contributed by atoms with Gasteiger partial charge < -0.3 is 9.72 Å². The number of nitrogens with one attached hydrogen (secondary N) is 2. The van der Waals surface area contributed by atoms with Gasteiger partial charge in [-0.25, -0.2) is 5.43 Å². The van der Waals surface area contributed by atoms with Crippen LogP contribution in [0.5, 0.6) is 5.75 Å². The molecule has 0 saturated carbocycles. The van der Waals surface area contributed by atoms with Crippen molar-refractivity contribution in [1.29, 1.82) is 0 Å². The van der Waals surface area contributed by atoms with Gasteiger partial charge in [0.25, 0.3) is 5.91 Å². The van der Waals surface area contributed by atoms with E-state index < -0.39 is 0 Å². The summed E-state index contributed by atoms with van der Waals surface area (Å²) in [5, 5.41) is 5.15. The number of benzene rings is 2. The minimum Gasteiger partial charge on any atom is -0.483 e. The van der Waals surface area contributed by atoms with Crippen molar-refractivity contribution < 1.29 is 9.53 Å². The van der Waals surface area contributed by atoms with Crippen LogP contribution in [0.4, 0.5) is 0 Å². The molecule has 0 radical (unpaired) electrons. The van der Waals surface area contributed by atoms with E-state index in [0.717, 1.165) is 38.7 Å². The van der Waals surface area contributed by atoms with Crippen molar-refractivity contribution in [2.75, 3.05) is 6.61 Å². The Bertz CT molecular complexity index is 1190. The van der Waals surface area contributed by atoms with Crippen LogP contribution in [0.1, 0.15) is 16.7 Å². The normalized spacial score (nSPS) is 11.1. The molecule has 2 N–H and O–H groups in total. The number of aromatic nitrogens is 2. The number of carbonyl (C=O) groups is 1. The summed E-state index contributed by atoms with van der Waals surface area (Å²) in [5.41, 5.74) is 8.46. The van der Waals surface area contributed by atoms with E-state index >= 15 is 0 Å². The molecule has 1 amide bonds. The predicted molar refractivity (Wildman–Crippen MR) is 119 cm³/mol. The molecule has 150 valence electrons. The number of pyridine rings is 1. The summed E-state index contributed by atoms with van der Waals surface area (Å²) in [6.45, 7) is 3.82. The zero-order valence-corrected chi connectivity index (χ0v) is 16.8. The smallest absolute Gasteiger partial charge is 0.277 e. The molecule has 0 spiro atoms. The third-order valence-corrected chi connectivity index (χ3v) is 4.78. The average molecular weight is 398 g/mol. The second kappa shape index (κ2) is 8.61. The fourth-order valence-electron chi connectivity index (χ4n) is 3.37. The van der Waals surface area contributed by atoms with Gasteiger partial charge in [0.2, 0.25) is 0 Å². The van der Waals surface area contributed by atoms with E-state index in [1.807, 2.05) is 74.8 Å². The molecule has 4 aromatic rings. The highest BCUT2D eigenvalue weighted by atomic mass is 16.5. The van der Waals surface area contributed by atoms with E-state index in [-0.39, 0.29) is 12.5 Å². The van der Waals surface area contributed by atoms with Crippen molar-refractivity contribution in [1.82, 2.24) is 15.4 Å². The van der Waals surface area contributed by atoms with Gasteiger partial charge in [-0.1, -0.05) is 18.2 Å². The lowest BCUT2D eigenvalue weighted by Gasteiger charge is -2.13. The maximum absolute atomic E-state index is 12.1. The first-order valence-corrected chi connectivity index (χ1v) is 9.63. The Balaban J connectivity index is 1.36. The molecule has 0 aliphatic rings. The molecule has 0 aliphatic heterocycles. The summed E-state index contributed by atoms with van der Waals surface area (Å²) in [4.78, 5) is 19.4. The molecule has 0 atom stereocenters. The first-order chi connectivity index (χ1) is 14.6. The maximum Gasteiger partial charge on any atom is 0.277 e. The summed E-state index contributed by atoms with van der Waals surface area (Å²) < 4.78 is 5.76. The second-order valence-electron chi connectivity index (χ2n) is 7.09. The van der Waals surface area contributed by atoms with Crippen LogP contribution < -0.4 is 10.2 Å². The third-order valence-electron chi connectivity index (χ3n) is 4.78. The number of H-pyrrole nitrogens is 1. The van der Waals surface area contributed by atoms with Crippen LogP contribution in [0.25, 0.3) is 22.0 Å². The van der Waals surface area contributed by atoms with Crippen molar-refractivity contribution in [3.8, 4) is 16.9 Å². The Morgan fingerprint density at radius 1 is 1.13 bits per heavy atom. The number of hydrogen-bond acceptors (Lipinski definition) is 4. The lowest BCUT2D eigenvalue weighted by molar-refractivity contribution is -0.123. The maximum atomic E-state index is 12.1. The molecule has 0 saturated heterocycles. The van der Waals surface area contributed by atoms with Crippen molar-refractivity contribution in [2.45, 2.75) is 13.8 Å². The van der Waals surface area contributed by atoms with E-state index in [0.29, 0.717) is 5.75 Å². The van der Waals surface area contributed by atoms with Crippen LogP contribution in [-0.2, 0) is 4.79 Å². The monoisotopic (exact) mass is 398 g/mol. The minimum atomic E-state index is -0.317. The molecule has 6 nitrogen and oxygen atoms in total. The van der Waals surface area contributed by atoms with Gasteiger partial charge in [0.15, 0.2) is 6.61 Å². The number of hydrogen-bond donors (Lipinski definition) is 2. The molecule has 2 heterocycles. The number of aryl methyl sites for hydroxylation is 2. The molecule has 30 heavy (non-hydrogen) atoms. The third kappa shape index (κ3) is 4.38. The fourth-order valence-corrected chi connectivity index (χ4v) is 3.37. The number of nitrogens with zero attached hydrogens (tertiary/aromatic N) is 2. The number of fused-ring (bicyclic) bond motifs is 1. The van der Waals surface area contributed by atoms with Gasteiger partial charge in [0.1, 0.15) is 5.75 Å². The van der Waals surface area contributed by atoms with Gasteiger partial charge >= 0.3 is 0 Å². The molecule has 2 aromatic carbocycles. The molecule has 0 aliphatic carbocycles. The number of amides is 1. The number of aromatic amines is 1. The van der Waals surface area contributed by atoms with Crippen molar-refractivity contribution >= 4 is 23.0 Å². The SMILES string of the molecule is Cc1cc(-c2cccnc2)cc(C)c1OCC(=O)N/N=C/c1ccc2cc[nH]c2c1. The van der Waals surface area contributed by atoms with E-state index in [4.69, 9.17) is 4.74 Å². The number of hydrazone groups is 1. The molecule has 0 unspecified atom stereocenters. The van der Waals surface area contributed by atoms with Crippen LogP contribution in [-0.4, -0.2) is 28.7 Å². The van der Waals surface area contributed by atoms with E-state index in [9.17, 15) is 4.79 Å². The van der Waals surface area contributed by atoms with Crippen molar-refractivity contribution in [3.63, 3.8) is 0 Å². The lowest BCUT2D eigenvalue weighted by atomic mass is 10.0. The Morgan fingerprint density at radius 3 is 2.73 bits per heavy atom. The van der Waals surface area contributed by atoms with Gasteiger partial charge in [-0.15, -0.1) is 0 Å². The largest absolute Gasteiger partial charge is 0.483 e. The summed E-state index contributed by atoms with van der Waals surface area (Å²) in [7, 11) is 0. The van der Waals surface area contributed by atoms with Gasteiger partial charge in [-0.3, -0.25) is 9.78 Å². The highest BCUT2D eigenvalue weighted by Crippen LogP contribution is 2.29. The second-order valence-corrected chi connectivity index (χ2v) is 7.09. The average Bonchev–Trinajstić information content (AvgIpc) is 3.21. The van der Waals surface area contributed by atoms with E-state index in [2.05, 4.69) is 20.5 Å². The molecule has 0 fully saturated rings. The van der Waals surface area contributed by atoms with Gasteiger partial charge in [0.05, 0.1) is 6.21 Å². The highest BCUT2D eigenvalue weighted by Gasteiger charge is 2.10. The van der Waals surface area contributed by atoms with Crippen LogP contribution in [0.3, 0.4) is 0 Å². The zero-order valence-electron chi connectivity index (χ0n) is 16.8. The number of ether oxygens (including phenoxy) is 1. The van der Waals surface area contributed by atoms with Crippen LogP contribution >= 0.6 is 0 Å². The summed E-state index contributed by atoms with van der Waals surface area (Å²) in [5.74, 6) is 0.390. The Hall–Kier alpha value is -3.93. The van der Waals surface area contributed by atoms with Crippen molar-refractivity contribution in [3.05, 3.63) is 83.8 Å². The number of rotatable bonds is 6. The highest BCUT2D eigenvalue weighted by molar-refractivity contribution is 5.89. The Kier molecular flexibility index (Phi) is 5.57. The molecule has 4 rings (SSSR count). The predicted octanol–water partition coefficient (Wildman–Crippen LogP) is 4.38. The van der Waals surface area contributed by atoms with Gasteiger partial charge in [0, 0.05) is 29.7 Å². The molecule has 2 aromatic heterocycles.